The fourth-order valence-corrected chi connectivity index (χ4v) is 1.82. The van der Waals surface area contributed by atoms with E-state index in [2.05, 4.69) is 15.3 Å². The van der Waals surface area contributed by atoms with E-state index in [9.17, 15) is 4.79 Å². The van der Waals surface area contributed by atoms with Gasteiger partial charge >= 0.3 is 0 Å². The highest BCUT2D eigenvalue weighted by molar-refractivity contribution is 5.96. The fourth-order valence-electron chi connectivity index (χ4n) is 1.82. The Bertz CT molecular complexity index is 617. The summed E-state index contributed by atoms with van der Waals surface area (Å²) in [6, 6.07) is 7.01. The smallest absolute Gasteiger partial charge is 0.257 e. The number of rotatable bonds is 6. The number of ether oxygens (including phenoxy) is 2. The molecular formula is C15H17N3O3. The molecule has 6 heteroatoms. The van der Waals surface area contributed by atoms with E-state index in [0.29, 0.717) is 30.5 Å². The highest BCUT2D eigenvalue weighted by Gasteiger charge is 2.13. The molecule has 0 aliphatic carbocycles. The van der Waals surface area contributed by atoms with Crippen LogP contribution in [-0.4, -0.2) is 29.6 Å². The third-order valence-electron chi connectivity index (χ3n) is 2.78. The van der Waals surface area contributed by atoms with Gasteiger partial charge in [-0.2, -0.15) is 0 Å². The molecule has 0 aliphatic heterocycles. The number of nitrogens with one attached hydrogen (secondary N) is 1. The van der Waals surface area contributed by atoms with Gasteiger partial charge in [-0.15, -0.1) is 0 Å². The Labute approximate surface area is 123 Å². The van der Waals surface area contributed by atoms with Crippen molar-refractivity contribution in [1.29, 1.82) is 0 Å². The van der Waals surface area contributed by atoms with E-state index in [4.69, 9.17) is 9.47 Å². The van der Waals surface area contributed by atoms with Crippen molar-refractivity contribution in [3.05, 3.63) is 47.8 Å². The Balaban J connectivity index is 2.08. The number of aromatic nitrogens is 2. The minimum Gasteiger partial charge on any atom is -0.480 e. The van der Waals surface area contributed by atoms with Crippen LogP contribution in [0.5, 0.6) is 11.8 Å². The second-order valence-corrected chi connectivity index (χ2v) is 4.14. The molecule has 0 radical (unpaired) electrons. The van der Waals surface area contributed by atoms with Gasteiger partial charge in [0.05, 0.1) is 13.7 Å². The molecule has 2 heterocycles. The molecule has 0 spiro atoms. The Morgan fingerprint density at radius 1 is 1.19 bits per heavy atom. The molecular weight excluding hydrogens is 270 g/mol. The van der Waals surface area contributed by atoms with Crippen molar-refractivity contribution in [3.8, 4) is 11.8 Å². The van der Waals surface area contributed by atoms with Gasteiger partial charge in [-0.3, -0.25) is 4.79 Å². The summed E-state index contributed by atoms with van der Waals surface area (Å²) >= 11 is 0. The molecule has 2 rings (SSSR count). The molecule has 0 unspecified atom stereocenters. The van der Waals surface area contributed by atoms with Gasteiger partial charge in [0.25, 0.3) is 5.91 Å². The first kappa shape index (κ1) is 14.8. The van der Waals surface area contributed by atoms with Gasteiger partial charge < -0.3 is 14.8 Å². The molecule has 0 aromatic carbocycles. The largest absolute Gasteiger partial charge is 0.480 e. The van der Waals surface area contributed by atoms with E-state index < -0.39 is 0 Å². The average Bonchev–Trinajstić information content (AvgIpc) is 2.54. The maximum atomic E-state index is 12.2. The Morgan fingerprint density at radius 2 is 1.90 bits per heavy atom. The van der Waals surface area contributed by atoms with E-state index in [1.54, 1.807) is 30.6 Å². The summed E-state index contributed by atoms with van der Waals surface area (Å²) in [5.41, 5.74) is 1.21. The fraction of sp³-hybridized carbons (Fsp3) is 0.267. The molecule has 21 heavy (non-hydrogen) atoms. The van der Waals surface area contributed by atoms with Gasteiger partial charge in [0.15, 0.2) is 0 Å². The number of carbonyl (C=O) groups excluding carboxylic acids is 1. The molecule has 2 aromatic rings. The zero-order valence-electron chi connectivity index (χ0n) is 12.0. The zero-order valence-corrected chi connectivity index (χ0v) is 12.0. The summed E-state index contributed by atoms with van der Waals surface area (Å²) < 4.78 is 10.5. The monoisotopic (exact) mass is 287 g/mol. The van der Waals surface area contributed by atoms with Crippen LogP contribution in [-0.2, 0) is 6.54 Å². The van der Waals surface area contributed by atoms with Crippen LogP contribution in [0.25, 0.3) is 0 Å². The first-order valence-electron chi connectivity index (χ1n) is 6.60. The Morgan fingerprint density at radius 3 is 2.62 bits per heavy atom. The molecule has 6 nitrogen and oxygen atoms in total. The molecule has 0 saturated carbocycles. The van der Waals surface area contributed by atoms with Gasteiger partial charge in [-0.1, -0.05) is 6.07 Å². The third-order valence-corrected chi connectivity index (χ3v) is 2.78. The lowest BCUT2D eigenvalue weighted by Crippen LogP contribution is -2.24. The first-order chi connectivity index (χ1) is 10.3. The van der Waals surface area contributed by atoms with Gasteiger partial charge in [0.2, 0.25) is 11.8 Å². The van der Waals surface area contributed by atoms with E-state index in [-0.39, 0.29) is 5.91 Å². The van der Waals surface area contributed by atoms with Crippen LogP contribution in [0, 0.1) is 0 Å². The van der Waals surface area contributed by atoms with Crippen molar-refractivity contribution >= 4 is 5.91 Å². The SMILES string of the molecule is CCOc1ncccc1CNC(=O)c1cccnc1OC. The lowest BCUT2D eigenvalue weighted by Gasteiger charge is -2.10. The quantitative estimate of drug-likeness (QED) is 0.877. The van der Waals surface area contributed by atoms with Crippen LogP contribution in [0.1, 0.15) is 22.8 Å². The van der Waals surface area contributed by atoms with Crippen molar-refractivity contribution < 1.29 is 14.3 Å². The predicted octanol–water partition coefficient (Wildman–Crippen LogP) is 1.81. The van der Waals surface area contributed by atoms with Crippen molar-refractivity contribution in [1.82, 2.24) is 15.3 Å². The summed E-state index contributed by atoms with van der Waals surface area (Å²) in [6.45, 7) is 2.73. The first-order valence-corrected chi connectivity index (χ1v) is 6.60. The average molecular weight is 287 g/mol. The van der Waals surface area contributed by atoms with E-state index in [1.165, 1.54) is 7.11 Å². The Hall–Kier alpha value is -2.63. The van der Waals surface area contributed by atoms with Crippen LogP contribution in [0.2, 0.25) is 0 Å². The van der Waals surface area contributed by atoms with Crippen molar-refractivity contribution in [2.45, 2.75) is 13.5 Å². The van der Waals surface area contributed by atoms with Crippen molar-refractivity contribution in [2.75, 3.05) is 13.7 Å². The van der Waals surface area contributed by atoms with Crippen LogP contribution in [0.4, 0.5) is 0 Å². The maximum Gasteiger partial charge on any atom is 0.257 e. The molecule has 0 bridgehead atoms. The van der Waals surface area contributed by atoms with E-state index >= 15 is 0 Å². The topological polar surface area (TPSA) is 73.3 Å². The van der Waals surface area contributed by atoms with Crippen LogP contribution in [0.3, 0.4) is 0 Å². The molecule has 0 atom stereocenters. The third kappa shape index (κ3) is 3.68. The Kier molecular flexibility index (Phi) is 5.09. The van der Waals surface area contributed by atoms with Crippen molar-refractivity contribution in [2.24, 2.45) is 0 Å². The van der Waals surface area contributed by atoms with Crippen LogP contribution < -0.4 is 14.8 Å². The number of methoxy groups -OCH3 is 1. The van der Waals surface area contributed by atoms with Crippen LogP contribution in [0.15, 0.2) is 36.7 Å². The summed E-state index contributed by atoms with van der Waals surface area (Å²) in [6.07, 6.45) is 3.23. The molecule has 0 aliphatic rings. The number of hydrogen-bond donors (Lipinski definition) is 1. The van der Waals surface area contributed by atoms with Gasteiger partial charge in [0.1, 0.15) is 5.56 Å². The molecule has 1 amide bonds. The predicted molar refractivity (Wildman–Crippen MR) is 77.4 cm³/mol. The summed E-state index contributed by atoms with van der Waals surface area (Å²) in [5, 5.41) is 2.81. The molecule has 2 aromatic heterocycles. The second kappa shape index (κ2) is 7.23. The van der Waals surface area contributed by atoms with Crippen LogP contribution >= 0.6 is 0 Å². The number of carbonyl (C=O) groups is 1. The highest BCUT2D eigenvalue weighted by Crippen LogP contribution is 2.16. The summed E-state index contributed by atoms with van der Waals surface area (Å²) in [5.74, 6) is 0.566. The lowest BCUT2D eigenvalue weighted by molar-refractivity contribution is 0.0947. The number of amides is 1. The zero-order chi connectivity index (χ0) is 15.1. The number of pyridine rings is 2. The normalized spacial score (nSPS) is 10.0. The molecule has 0 fully saturated rings. The van der Waals surface area contributed by atoms with Gasteiger partial charge in [-0.05, 0) is 25.1 Å². The summed E-state index contributed by atoms with van der Waals surface area (Å²) in [7, 11) is 1.48. The van der Waals surface area contributed by atoms with E-state index in [1.807, 2.05) is 13.0 Å². The highest BCUT2D eigenvalue weighted by atomic mass is 16.5. The molecule has 0 saturated heterocycles. The number of nitrogens with zero attached hydrogens (tertiary/aromatic N) is 2. The lowest BCUT2D eigenvalue weighted by atomic mass is 10.2. The summed E-state index contributed by atoms with van der Waals surface area (Å²) in [4.78, 5) is 20.3. The standard InChI is InChI=1S/C15H17N3O3/c1-3-21-14-11(6-4-8-16-14)10-18-13(19)12-7-5-9-17-15(12)20-2/h4-9H,3,10H2,1-2H3,(H,18,19). The van der Waals surface area contributed by atoms with Gasteiger partial charge in [0, 0.05) is 24.5 Å². The van der Waals surface area contributed by atoms with Gasteiger partial charge in [-0.25, -0.2) is 9.97 Å². The number of hydrogen-bond acceptors (Lipinski definition) is 5. The molecule has 1 N–H and O–H groups in total. The van der Waals surface area contributed by atoms with E-state index in [0.717, 1.165) is 5.56 Å². The maximum absolute atomic E-state index is 12.2. The minimum atomic E-state index is -0.258. The minimum absolute atomic E-state index is 0.258. The van der Waals surface area contributed by atoms with Crippen molar-refractivity contribution in [3.63, 3.8) is 0 Å². The second-order valence-electron chi connectivity index (χ2n) is 4.14. The molecule has 110 valence electrons.